The molecule has 4 heteroatoms. The third-order valence-electron chi connectivity index (χ3n) is 2.99. The lowest BCUT2D eigenvalue weighted by Crippen LogP contribution is -2.16. The minimum absolute atomic E-state index is 0.135. The molecule has 1 aromatic carbocycles. The van der Waals surface area contributed by atoms with Gasteiger partial charge in [0.15, 0.2) is 0 Å². The van der Waals surface area contributed by atoms with Gasteiger partial charge in [0.2, 0.25) is 0 Å². The molecule has 0 aliphatic heterocycles. The molecule has 0 aliphatic carbocycles. The summed E-state index contributed by atoms with van der Waals surface area (Å²) in [4.78, 5) is 12.2. The predicted molar refractivity (Wildman–Crippen MR) is 75.2 cm³/mol. The van der Waals surface area contributed by atoms with Gasteiger partial charge in [0.25, 0.3) is 5.91 Å². The first-order valence-corrected chi connectivity index (χ1v) is 6.22. The Kier molecular flexibility index (Phi) is 3.71. The molecule has 0 aliphatic rings. The van der Waals surface area contributed by atoms with Crippen LogP contribution in [-0.2, 0) is 0 Å². The number of aryl methyl sites for hydroxylation is 2. The fraction of sp³-hybridized carbons (Fsp3) is 0.267. The molecular weight excluding hydrogens is 240 g/mol. The van der Waals surface area contributed by atoms with E-state index in [1.807, 2.05) is 38.1 Å². The highest BCUT2D eigenvalue weighted by molar-refractivity contribution is 6.05. The topological polar surface area (TPSA) is 68.3 Å². The van der Waals surface area contributed by atoms with Crippen LogP contribution < -0.4 is 11.1 Å². The van der Waals surface area contributed by atoms with Crippen LogP contribution in [0.3, 0.4) is 0 Å². The molecule has 3 N–H and O–H groups in total. The first kappa shape index (κ1) is 13.4. The Bertz CT molecular complexity index is 600. The summed E-state index contributed by atoms with van der Waals surface area (Å²) in [5.41, 5.74) is 8.09. The lowest BCUT2D eigenvalue weighted by molar-refractivity contribution is 0.102. The van der Waals surface area contributed by atoms with Crippen molar-refractivity contribution in [1.29, 1.82) is 0 Å². The van der Waals surface area contributed by atoms with Gasteiger partial charge in [-0.1, -0.05) is 18.2 Å². The number of nitrogens with two attached hydrogens (primary N) is 1. The van der Waals surface area contributed by atoms with Crippen LogP contribution in [0.4, 0.5) is 5.69 Å². The number of carbonyl (C=O) groups is 1. The number of para-hydroxylation sites is 1. The highest BCUT2D eigenvalue weighted by Gasteiger charge is 2.15. The van der Waals surface area contributed by atoms with Gasteiger partial charge in [0, 0.05) is 11.7 Å². The van der Waals surface area contributed by atoms with Gasteiger partial charge in [-0.2, -0.15) is 0 Å². The van der Waals surface area contributed by atoms with Gasteiger partial charge in [0.05, 0.1) is 5.56 Å². The van der Waals surface area contributed by atoms with Gasteiger partial charge in [-0.3, -0.25) is 4.79 Å². The average Bonchev–Trinajstić information content (AvgIpc) is 2.69. The van der Waals surface area contributed by atoms with Gasteiger partial charge in [-0.25, -0.2) is 0 Å². The molecule has 0 bridgehead atoms. The highest BCUT2D eigenvalue weighted by Crippen LogP contribution is 2.22. The van der Waals surface area contributed by atoms with E-state index >= 15 is 0 Å². The zero-order chi connectivity index (χ0) is 14.0. The van der Waals surface area contributed by atoms with Crippen LogP contribution in [0.2, 0.25) is 0 Å². The van der Waals surface area contributed by atoms with Gasteiger partial charge in [-0.05, 0) is 38.5 Å². The van der Waals surface area contributed by atoms with E-state index in [9.17, 15) is 4.79 Å². The van der Waals surface area contributed by atoms with Crippen molar-refractivity contribution in [2.45, 2.75) is 26.8 Å². The standard InChI is InChI=1S/C15H18N2O2/c1-9-8-13(11(3)19-9)15(18)17-14-7-5-4-6-12(14)10(2)16/h4-8,10H,16H2,1-3H3,(H,17,18). The van der Waals surface area contributed by atoms with Crippen molar-refractivity contribution < 1.29 is 9.21 Å². The predicted octanol–water partition coefficient (Wildman–Crippen LogP) is 3.17. The van der Waals surface area contributed by atoms with E-state index in [1.54, 1.807) is 13.0 Å². The summed E-state index contributed by atoms with van der Waals surface area (Å²) in [7, 11) is 0. The van der Waals surface area contributed by atoms with Gasteiger partial charge < -0.3 is 15.5 Å². The van der Waals surface area contributed by atoms with Gasteiger partial charge in [-0.15, -0.1) is 0 Å². The third-order valence-corrected chi connectivity index (χ3v) is 2.99. The summed E-state index contributed by atoms with van der Waals surface area (Å²) >= 11 is 0. The van der Waals surface area contributed by atoms with Gasteiger partial charge >= 0.3 is 0 Å². The second-order valence-corrected chi connectivity index (χ2v) is 4.66. The maximum Gasteiger partial charge on any atom is 0.259 e. The van der Waals surface area contributed by atoms with Crippen LogP contribution in [0, 0.1) is 13.8 Å². The lowest BCUT2D eigenvalue weighted by atomic mass is 10.1. The van der Waals surface area contributed by atoms with Crippen LogP contribution in [0.25, 0.3) is 0 Å². The Hall–Kier alpha value is -2.07. The first-order chi connectivity index (χ1) is 8.99. The molecule has 2 aromatic rings. The van der Waals surface area contributed by atoms with Crippen molar-refractivity contribution in [1.82, 2.24) is 0 Å². The summed E-state index contributed by atoms with van der Waals surface area (Å²) in [5, 5.41) is 2.88. The lowest BCUT2D eigenvalue weighted by Gasteiger charge is -2.13. The molecule has 19 heavy (non-hydrogen) atoms. The first-order valence-electron chi connectivity index (χ1n) is 6.22. The smallest absolute Gasteiger partial charge is 0.259 e. The molecule has 2 rings (SSSR count). The van der Waals surface area contributed by atoms with Crippen LogP contribution in [0.1, 0.15) is 40.4 Å². The molecule has 100 valence electrons. The Morgan fingerprint density at radius 1 is 1.32 bits per heavy atom. The maximum atomic E-state index is 12.2. The van der Waals surface area contributed by atoms with Crippen molar-refractivity contribution in [2.75, 3.05) is 5.32 Å². The Morgan fingerprint density at radius 3 is 2.58 bits per heavy atom. The van der Waals surface area contributed by atoms with E-state index in [2.05, 4.69) is 5.32 Å². The minimum Gasteiger partial charge on any atom is -0.466 e. The van der Waals surface area contributed by atoms with Crippen LogP contribution in [-0.4, -0.2) is 5.91 Å². The minimum atomic E-state index is -0.178. The molecule has 0 saturated carbocycles. The fourth-order valence-electron chi connectivity index (χ4n) is 2.05. The Labute approximate surface area is 112 Å². The number of rotatable bonds is 3. The van der Waals surface area contributed by atoms with Crippen molar-refractivity contribution in [3.05, 3.63) is 53.0 Å². The Balaban J connectivity index is 2.27. The number of nitrogens with one attached hydrogen (secondary N) is 1. The SMILES string of the molecule is Cc1cc(C(=O)Nc2ccccc2C(C)N)c(C)o1. The number of anilines is 1. The summed E-state index contributed by atoms with van der Waals surface area (Å²) in [6.45, 7) is 5.48. The van der Waals surface area contributed by atoms with Crippen LogP contribution in [0.5, 0.6) is 0 Å². The van der Waals surface area contributed by atoms with E-state index in [0.29, 0.717) is 11.3 Å². The second-order valence-electron chi connectivity index (χ2n) is 4.66. The van der Waals surface area contributed by atoms with Crippen molar-refractivity contribution in [3.63, 3.8) is 0 Å². The molecule has 1 aromatic heterocycles. The summed E-state index contributed by atoms with van der Waals surface area (Å²) in [6, 6.07) is 9.13. The van der Waals surface area contributed by atoms with E-state index in [1.165, 1.54) is 0 Å². The third kappa shape index (κ3) is 2.85. The molecule has 1 amide bonds. The molecule has 0 saturated heterocycles. The average molecular weight is 258 g/mol. The molecular formula is C15H18N2O2. The summed E-state index contributed by atoms with van der Waals surface area (Å²) in [5.74, 6) is 1.17. The normalized spacial score (nSPS) is 12.2. The monoisotopic (exact) mass is 258 g/mol. The maximum absolute atomic E-state index is 12.2. The number of hydrogen-bond acceptors (Lipinski definition) is 3. The molecule has 1 atom stereocenters. The van der Waals surface area contributed by atoms with E-state index in [4.69, 9.17) is 10.2 Å². The zero-order valence-electron chi connectivity index (χ0n) is 11.4. The van der Waals surface area contributed by atoms with Gasteiger partial charge in [0.1, 0.15) is 11.5 Å². The fourth-order valence-corrected chi connectivity index (χ4v) is 2.05. The van der Waals surface area contributed by atoms with Crippen LogP contribution >= 0.6 is 0 Å². The quantitative estimate of drug-likeness (QED) is 0.888. The van der Waals surface area contributed by atoms with E-state index in [-0.39, 0.29) is 11.9 Å². The number of benzene rings is 1. The van der Waals surface area contributed by atoms with E-state index in [0.717, 1.165) is 17.0 Å². The second kappa shape index (κ2) is 5.28. The van der Waals surface area contributed by atoms with Crippen molar-refractivity contribution in [3.8, 4) is 0 Å². The summed E-state index contributed by atoms with van der Waals surface area (Å²) in [6.07, 6.45) is 0. The number of hydrogen-bond donors (Lipinski definition) is 2. The summed E-state index contributed by atoms with van der Waals surface area (Å²) < 4.78 is 5.37. The molecule has 4 nitrogen and oxygen atoms in total. The number of carbonyl (C=O) groups excluding carboxylic acids is 1. The van der Waals surface area contributed by atoms with E-state index < -0.39 is 0 Å². The zero-order valence-corrected chi connectivity index (χ0v) is 11.4. The Morgan fingerprint density at radius 2 is 2.00 bits per heavy atom. The number of amides is 1. The molecule has 0 fully saturated rings. The van der Waals surface area contributed by atoms with Crippen LogP contribution in [0.15, 0.2) is 34.7 Å². The highest BCUT2D eigenvalue weighted by atomic mass is 16.3. The largest absolute Gasteiger partial charge is 0.466 e. The molecule has 0 spiro atoms. The molecule has 1 heterocycles. The molecule has 0 radical (unpaired) electrons. The van der Waals surface area contributed by atoms with Crippen molar-refractivity contribution in [2.24, 2.45) is 5.73 Å². The molecule has 1 unspecified atom stereocenters. The van der Waals surface area contributed by atoms with Crippen molar-refractivity contribution >= 4 is 11.6 Å². The number of furan rings is 1.